The SMILES string of the molecule is Cc1csc(-c2cc(=O)n(C[C@H]3CC[C@@H](COCC(=O)O)CC3)nc2-c2ccccc2)c1. The summed E-state index contributed by atoms with van der Waals surface area (Å²) in [5, 5.41) is 15.6. The van der Waals surface area contributed by atoms with E-state index in [0.29, 0.717) is 25.0 Å². The number of thiophene rings is 1. The highest BCUT2D eigenvalue weighted by Gasteiger charge is 2.23. The highest BCUT2D eigenvalue weighted by molar-refractivity contribution is 7.13. The Bertz CT molecular complexity index is 1110. The van der Waals surface area contributed by atoms with Gasteiger partial charge in [-0.05, 0) is 61.5 Å². The summed E-state index contributed by atoms with van der Waals surface area (Å²) in [5.74, 6) is -0.159. The number of aryl methyl sites for hydroxylation is 1. The van der Waals surface area contributed by atoms with Crippen molar-refractivity contribution in [3.8, 4) is 21.7 Å². The molecule has 1 aromatic carbocycles. The lowest BCUT2D eigenvalue weighted by molar-refractivity contribution is -0.142. The van der Waals surface area contributed by atoms with E-state index in [4.69, 9.17) is 14.9 Å². The molecule has 1 fully saturated rings. The Morgan fingerprint density at radius 3 is 2.53 bits per heavy atom. The fraction of sp³-hybridized carbons (Fsp3) is 0.400. The van der Waals surface area contributed by atoms with Gasteiger partial charge in [0.1, 0.15) is 6.61 Å². The van der Waals surface area contributed by atoms with E-state index in [2.05, 4.69) is 18.4 Å². The summed E-state index contributed by atoms with van der Waals surface area (Å²) in [6.45, 7) is 2.91. The molecule has 32 heavy (non-hydrogen) atoms. The van der Waals surface area contributed by atoms with E-state index < -0.39 is 5.97 Å². The van der Waals surface area contributed by atoms with Crippen molar-refractivity contribution >= 4 is 17.3 Å². The van der Waals surface area contributed by atoms with Gasteiger partial charge in [0, 0.05) is 28.6 Å². The molecule has 0 spiro atoms. The zero-order valence-electron chi connectivity index (χ0n) is 18.2. The van der Waals surface area contributed by atoms with Crippen molar-refractivity contribution in [1.29, 1.82) is 0 Å². The number of carboxylic acid groups (broad SMARTS) is 1. The van der Waals surface area contributed by atoms with Gasteiger partial charge < -0.3 is 9.84 Å². The molecule has 0 aliphatic heterocycles. The van der Waals surface area contributed by atoms with Crippen molar-refractivity contribution in [3.05, 3.63) is 63.8 Å². The van der Waals surface area contributed by atoms with Gasteiger partial charge in [0.2, 0.25) is 0 Å². The molecule has 0 radical (unpaired) electrons. The number of carbonyl (C=O) groups is 1. The Morgan fingerprint density at radius 1 is 1.16 bits per heavy atom. The molecule has 2 heterocycles. The summed E-state index contributed by atoms with van der Waals surface area (Å²) in [4.78, 5) is 24.6. The van der Waals surface area contributed by atoms with E-state index in [0.717, 1.165) is 47.4 Å². The van der Waals surface area contributed by atoms with E-state index in [1.165, 1.54) is 5.56 Å². The van der Waals surface area contributed by atoms with Gasteiger partial charge in [-0.15, -0.1) is 11.3 Å². The molecule has 6 nitrogen and oxygen atoms in total. The van der Waals surface area contributed by atoms with Gasteiger partial charge in [-0.2, -0.15) is 5.10 Å². The van der Waals surface area contributed by atoms with Gasteiger partial charge >= 0.3 is 5.97 Å². The lowest BCUT2D eigenvalue weighted by Crippen LogP contribution is -2.29. The van der Waals surface area contributed by atoms with Gasteiger partial charge in [-0.25, -0.2) is 9.48 Å². The number of ether oxygens (including phenoxy) is 1. The van der Waals surface area contributed by atoms with Crippen LogP contribution in [-0.2, 0) is 16.1 Å². The average Bonchev–Trinajstić information content (AvgIpc) is 3.22. The molecule has 0 atom stereocenters. The van der Waals surface area contributed by atoms with Crippen molar-refractivity contribution in [3.63, 3.8) is 0 Å². The molecule has 0 amide bonds. The average molecular weight is 453 g/mol. The molecule has 1 aliphatic carbocycles. The molecular formula is C25H28N2O4S. The van der Waals surface area contributed by atoms with Crippen molar-refractivity contribution in [2.24, 2.45) is 11.8 Å². The molecule has 0 bridgehead atoms. The number of benzene rings is 1. The lowest BCUT2D eigenvalue weighted by atomic mass is 9.82. The first-order valence-corrected chi connectivity index (χ1v) is 11.9. The first-order valence-electron chi connectivity index (χ1n) is 11.0. The normalized spacial score (nSPS) is 18.5. The van der Waals surface area contributed by atoms with Crippen LogP contribution in [0.2, 0.25) is 0 Å². The second kappa shape index (κ2) is 10.2. The molecule has 0 unspecified atom stereocenters. The lowest BCUT2D eigenvalue weighted by Gasteiger charge is -2.28. The Balaban J connectivity index is 1.52. The Labute approximate surface area is 191 Å². The van der Waals surface area contributed by atoms with Gasteiger partial charge in [0.25, 0.3) is 5.56 Å². The minimum Gasteiger partial charge on any atom is -0.480 e. The summed E-state index contributed by atoms with van der Waals surface area (Å²) < 4.78 is 6.89. The van der Waals surface area contributed by atoms with Gasteiger partial charge in [-0.3, -0.25) is 4.79 Å². The minimum atomic E-state index is -0.931. The highest BCUT2D eigenvalue weighted by Crippen LogP contribution is 2.34. The Hall–Kier alpha value is -2.77. The minimum absolute atomic E-state index is 0.0716. The third-order valence-corrected chi connectivity index (χ3v) is 7.10. The summed E-state index contributed by atoms with van der Waals surface area (Å²) >= 11 is 1.63. The fourth-order valence-corrected chi connectivity index (χ4v) is 5.25. The van der Waals surface area contributed by atoms with Gasteiger partial charge in [0.05, 0.1) is 12.3 Å². The van der Waals surface area contributed by atoms with Crippen LogP contribution in [0.4, 0.5) is 0 Å². The maximum Gasteiger partial charge on any atom is 0.329 e. The standard InChI is InChI=1S/C25H28N2O4S/c1-17-11-22(32-16-17)21-12-23(28)27(26-25(21)20-5-3-2-4-6-20)13-18-7-9-19(10-8-18)14-31-15-24(29)30/h2-6,11-12,16,18-19H,7-10,13-15H2,1H3,(H,29,30)/t18-,19+. The van der Waals surface area contributed by atoms with E-state index in [9.17, 15) is 9.59 Å². The molecule has 7 heteroatoms. The van der Waals surface area contributed by atoms with E-state index in [-0.39, 0.29) is 12.2 Å². The van der Waals surface area contributed by atoms with Crippen LogP contribution < -0.4 is 5.56 Å². The molecule has 168 valence electrons. The predicted molar refractivity (Wildman–Crippen MR) is 126 cm³/mol. The maximum atomic E-state index is 13.0. The van der Waals surface area contributed by atoms with Crippen LogP contribution in [0.25, 0.3) is 21.7 Å². The van der Waals surface area contributed by atoms with E-state index >= 15 is 0 Å². The van der Waals surface area contributed by atoms with Crippen LogP contribution in [0.3, 0.4) is 0 Å². The number of nitrogens with zero attached hydrogens (tertiary/aromatic N) is 2. The molecule has 1 saturated carbocycles. The number of hydrogen-bond donors (Lipinski definition) is 1. The fourth-order valence-electron chi connectivity index (χ4n) is 4.33. The summed E-state index contributed by atoms with van der Waals surface area (Å²) in [6.07, 6.45) is 3.94. The van der Waals surface area contributed by atoms with Crippen LogP contribution in [0.15, 0.2) is 52.6 Å². The zero-order chi connectivity index (χ0) is 22.5. The first kappa shape index (κ1) is 22.4. The van der Waals surface area contributed by atoms with Crippen molar-refractivity contribution < 1.29 is 14.6 Å². The number of carboxylic acids is 1. The molecule has 3 aromatic rings. The molecule has 2 aromatic heterocycles. The number of rotatable bonds is 8. The second-order valence-corrected chi connectivity index (χ2v) is 9.49. The summed E-state index contributed by atoms with van der Waals surface area (Å²) in [6, 6.07) is 13.9. The smallest absolute Gasteiger partial charge is 0.329 e. The Morgan fingerprint density at radius 2 is 1.88 bits per heavy atom. The van der Waals surface area contributed by atoms with Crippen LogP contribution in [0.5, 0.6) is 0 Å². The molecule has 1 aliphatic rings. The molecular weight excluding hydrogens is 424 g/mol. The highest BCUT2D eigenvalue weighted by atomic mass is 32.1. The quantitative estimate of drug-likeness (QED) is 0.528. The first-order chi connectivity index (χ1) is 15.5. The third kappa shape index (κ3) is 5.53. The second-order valence-electron chi connectivity index (χ2n) is 8.58. The number of aliphatic carboxylic acids is 1. The third-order valence-electron chi connectivity index (χ3n) is 6.02. The summed E-state index contributed by atoms with van der Waals surface area (Å²) in [7, 11) is 0. The predicted octanol–water partition coefficient (Wildman–Crippen LogP) is 4.85. The Kier molecular flexibility index (Phi) is 7.17. The van der Waals surface area contributed by atoms with Gasteiger partial charge in [-0.1, -0.05) is 30.3 Å². The maximum absolute atomic E-state index is 13.0. The topological polar surface area (TPSA) is 81.4 Å². The number of aromatic nitrogens is 2. The molecule has 1 N–H and O–H groups in total. The monoisotopic (exact) mass is 452 g/mol. The molecule has 4 rings (SSSR count). The largest absolute Gasteiger partial charge is 0.480 e. The van der Waals surface area contributed by atoms with Crippen LogP contribution in [-0.4, -0.2) is 34.1 Å². The van der Waals surface area contributed by atoms with Crippen LogP contribution in [0, 0.1) is 18.8 Å². The molecule has 0 saturated heterocycles. The van der Waals surface area contributed by atoms with E-state index in [1.807, 2.05) is 30.3 Å². The van der Waals surface area contributed by atoms with Crippen molar-refractivity contribution in [2.75, 3.05) is 13.2 Å². The van der Waals surface area contributed by atoms with E-state index in [1.54, 1.807) is 22.1 Å². The van der Waals surface area contributed by atoms with Crippen molar-refractivity contribution in [2.45, 2.75) is 39.2 Å². The van der Waals surface area contributed by atoms with Gasteiger partial charge in [0.15, 0.2) is 0 Å². The van der Waals surface area contributed by atoms with Crippen LogP contribution in [0.1, 0.15) is 31.2 Å². The number of hydrogen-bond acceptors (Lipinski definition) is 5. The summed E-state index contributed by atoms with van der Waals surface area (Å²) in [5.41, 5.74) is 3.83. The van der Waals surface area contributed by atoms with Crippen LogP contribution >= 0.6 is 11.3 Å². The van der Waals surface area contributed by atoms with Crippen molar-refractivity contribution in [1.82, 2.24) is 9.78 Å². The zero-order valence-corrected chi connectivity index (χ0v) is 19.0.